The first-order chi connectivity index (χ1) is 7.61. The van der Waals surface area contributed by atoms with Crippen molar-refractivity contribution in [2.45, 2.75) is 27.3 Å². The normalized spacial score (nSPS) is 10.7. The Hall–Kier alpha value is -1.91. The quantitative estimate of drug-likeness (QED) is 0.736. The first kappa shape index (κ1) is 10.6. The van der Waals surface area contributed by atoms with Crippen LogP contribution < -0.4 is 0 Å². The molecule has 5 nitrogen and oxygen atoms in total. The molecule has 0 saturated carbocycles. The van der Waals surface area contributed by atoms with Gasteiger partial charge in [-0.25, -0.2) is 0 Å². The topological polar surface area (TPSA) is 60.9 Å². The Morgan fingerprint density at radius 3 is 2.69 bits per heavy atom. The molecular formula is C11H13N3O2. The van der Waals surface area contributed by atoms with Crippen molar-refractivity contribution >= 4 is 6.29 Å². The van der Waals surface area contributed by atoms with Gasteiger partial charge in [0.25, 0.3) is 0 Å². The van der Waals surface area contributed by atoms with Crippen LogP contribution in [0, 0.1) is 20.8 Å². The lowest BCUT2D eigenvalue weighted by Crippen LogP contribution is -2.03. The van der Waals surface area contributed by atoms with Gasteiger partial charge in [0, 0.05) is 11.8 Å². The molecule has 0 aliphatic rings. The fourth-order valence-corrected chi connectivity index (χ4v) is 1.67. The predicted molar refractivity (Wildman–Crippen MR) is 57.4 cm³/mol. The molecule has 0 spiro atoms. The van der Waals surface area contributed by atoms with Crippen LogP contribution >= 0.6 is 0 Å². The van der Waals surface area contributed by atoms with E-state index in [-0.39, 0.29) is 0 Å². The van der Waals surface area contributed by atoms with E-state index in [9.17, 15) is 4.79 Å². The lowest BCUT2D eigenvalue weighted by atomic mass is 10.2. The summed E-state index contributed by atoms with van der Waals surface area (Å²) in [7, 11) is 0. The number of aldehydes is 1. The molecule has 2 rings (SSSR count). The number of aryl methyl sites for hydroxylation is 2. The van der Waals surface area contributed by atoms with Gasteiger partial charge in [-0.2, -0.15) is 5.10 Å². The third-order valence-corrected chi connectivity index (χ3v) is 2.54. The van der Waals surface area contributed by atoms with Crippen LogP contribution in [0.25, 0.3) is 0 Å². The van der Waals surface area contributed by atoms with Gasteiger partial charge in [-0.05, 0) is 20.8 Å². The summed E-state index contributed by atoms with van der Waals surface area (Å²) in [4.78, 5) is 10.8. The van der Waals surface area contributed by atoms with E-state index in [0.29, 0.717) is 12.1 Å². The first-order valence-electron chi connectivity index (χ1n) is 5.03. The zero-order valence-electron chi connectivity index (χ0n) is 9.52. The Balaban J connectivity index is 2.31. The minimum absolute atomic E-state index is 0.501. The summed E-state index contributed by atoms with van der Waals surface area (Å²) >= 11 is 0. The smallest absolute Gasteiger partial charge is 0.158 e. The van der Waals surface area contributed by atoms with Gasteiger partial charge < -0.3 is 4.52 Å². The SMILES string of the molecule is Cc1cc(Cn2nc(C)c(C=O)c2C)on1. The van der Waals surface area contributed by atoms with Crippen molar-refractivity contribution in [1.82, 2.24) is 14.9 Å². The van der Waals surface area contributed by atoms with Crippen molar-refractivity contribution in [3.05, 3.63) is 34.5 Å². The highest BCUT2D eigenvalue weighted by Gasteiger charge is 2.12. The third kappa shape index (κ3) is 1.76. The molecule has 0 amide bonds. The van der Waals surface area contributed by atoms with E-state index in [0.717, 1.165) is 29.1 Å². The fourth-order valence-electron chi connectivity index (χ4n) is 1.67. The minimum atomic E-state index is 0.501. The van der Waals surface area contributed by atoms with Crippen molar-refractivity contribution in [2.75, 3.05) is 0 Å². The highest BCUT2D eigenvalue weighted by Crippen LogP contribution is 2.13. The summed E-state index contributed by atoms with van der Waals surface area (Å²) in [6.07, 6.45) is 0.833. The van der Waals surface area contributed by atoms with Crippen LogP contribution in [0.1, 0.15) is 33.2 Å². The van der Waals surface area contributed by atoms with Crippen molar-refractivity contribution in [1.29, 1.82) is 0 Å². The highest BCUT2D eigenvalue weighted by atomic mass is 16.5. The van der Waals surface area contributed by atoms with Crippen LogP contribution in [0.3, 0.4) is 0 Å². The van der Waals surface area contributed by atoms with Crippen molar-refractivity contribution in [3.63, 3.8) is 0 Å². The van der Waals surface area contributed by atoms with E-state index in [1.165, 1.54) is 0 Å². The van der Waals surface area contributed by atoms with E-state index in [2.05, 4.69) is 10.3 Å². The second-order valence-electron chi connectivity index (χ2n) is 3.79. The van der Waals surface area contributed by atoms with Crippen LogP contribution in [0.15, 0.2) is 10.6 Å². The Labute approximate surface area is 93.0 Å². The molecule has 0 aromatic carbocycles. The van der Waals surface area contributed by atoms with Crippen LogP contribution in [-0.4, -0.2) is 21.2 Å². The first-order valence-corrected chi connectivity index (χ1v) is 5.03. The lowest BCUT2D eigenvalue weighted by Gasteiger charge is -1.99. The van der Waals surface area contributed by atoms with Crippen molar-refractivity contribution in [2.24, 2.45) is 0 Å². The fraction of sp³-hybridized carbons (Fsp3) is 0.364. The van der Waals surface area contributed by atoms with E-state index in [1.807, 2.05) is 26.8 Å². The molecule has 0 N–H and O–H groups in total. The number of carbonyl (C=O) groups excluding carboxylic acids is 1. The third-order valence-electron chi connectivity index (χ3n) is 2.54. The summed E-state index contributed by atoms with van der Waals surface area (Å²) in [5, 5.41) is 8.09. The standard InChI is InChI=1S/C11H13N3O2/c1-7-4-10(16-13-7)5-14-9(3)11(6-15)8(2)12-14/h4,6H,5H2,1-3H3. The maximum atomic E-state index is 10.8. The van der Waals surface area contributed by atoms with Gasteiger partial charge in [0.05, 0.1) is 17.0 Å². The van der Waals surface area contributed by atoms with Crippen LogP contribution in [0.4, 0.5) is 0 Å². The molecule has 2 heterocycles. The number of hydrogen-bond acceptors (Lipinski definition) is 4. The van der Waals surface area contributed by atoms with Gasteiger partial charge in [-0.1, -0.05) is 5.16 Å². The largest absolute Gasteiger partial charge is 0.359 e. The molecule has 2 aromatic heterocycles. The van der Waals surface area contributed by atoms with Crippen LogP contribution in [0.5, 0.6) is 0 Å². The summed E-state index contributed by atoms with van der Waals surface area (Å²) in [5.41, 5.74) is 3.08. The molecule has 0 radical (unpaired) electrons. The van der Waals surface area contributed by atoms with Gasteiger partial charge in [-0.3, -0.25) is 9.48 Å². The number of hydrogen-bond donors (Lipinski definition) is 0. The molecule has 0 aliphatic heterocycles. The van der Waals surface area contributed by atoms with Gasteiger partial charge >= 0.3 is 0 Å². The zero-order chi connectivity index (χ0) is 11.7. The average Bonchev–Trinajstić information content (AvgIpc) is 2.74. The summed E-state index contributed by atoms with van der Waals surface area (Å²) in [6.45, 7) is 6.05. The zero-order valence-corrected chi connectivity index (χ0v) is 9.52. The molecule has 16 heavy (non-hydrogen) atoms. The molecule has 0 saturated heterocycles. The van der Waals surface area contributed by atoms with E-state index < -0.39 is 0 Å². The molecule has 0 atom stereocenters. The molecule has 0 bridgehead atoms. The van der Waals surface area contributed by atoms with Gasteiger partial charge in [0.15, 0.2) is 12.0 Å². The molecule has 84 valence electrons. The number of nitrogens with zero attached hydrogens (tertiary/aromatic N) is 3. The second-order valence-corrected chi connectivity index (χ2v) is 3.79. The number of rotatable bonds is 3. The molecular weight excluding hydrogens is 206 g/mol. The maximum absolute atomic E-state index is 10.8. The molecule has 0 unspecified atom stereocenters. The summed E-state index contributed by atoms with van der Waals surface area (Å²) in [5.74, 6) is 0.737. The van der Waals surface area contributed by atoms with Crippen molar-refractivity contribution in [3.8, 4) is 0 Å². The van der Waals surface area contributed by atoms with Gasteiger partial charge in [0.1, 0.15) is 6.54 Å². The Morgan fingerprint density at radius 2 is 2.19 bits per heavy atom. The Morgan fingerprint density at radius 1 is 1.44 bits per heavy atom. The maximum Gasteiger partial charge on any atom is 0.158 e. The Bertz CT molecular complexity index is 525. The second kappa shape index (κ2) is 3.92. The number of carbonyl (C=O) groups is 1. The lowest BCUT2D eigenvalue weighted by molar-refractivity contribution is 0.112. The number of aromatic nitrogens is 3. The van der Waals surface area contributed by atoms with Crippen LogP contribution in [-0.2, 0) is 6.54 Å². The summed E-state index contributed by atoms with van der Waals surface area (Å²) < 4.78 is 6.86. The highest BCUT2D eigenvalue weighted by molar-refractivity contribution is 5.78. The molecule has 5 heteroatoms. The van der Waals surface area contributed by atoms with E-state index >= 15 is 0 Å². The minimum Gasteiger partial charge on any atom is -0.359 e. The van der Waals surface area contributed by atoms with Gasteiger partial charge in [0.2, 0.25) is 0 Å². The van der Waals surface area contributed by atoms with E-state index in [4.69, 9.17) is 4.52 Å². The van der Waals surface area contributed by atoms with Gasteiger partial charge in [-0.15, -0.1) is 0 Å². The Kier molecular flexibility index (Phi) is 2.60. The van der Waals surface area contributed by atoms with E-state index in [1.54, 1.807) is 4.68 Å². The predicted octanol–water partition coefficient (Wildman–Crippen LogP) is 1.66. The van der Waals surface area contributed by atoms with Crippen molar-refractivity contribution < 1.29 is 9.32 Å². The molecule has 0 aliphatic carbocycles. The monoisotopic (exact) mass is 219 g/mol. The average molecular weight is 219 g/mol. The van der Waals surface area contributed by atoms with Crippen LogP contribution in [0.2, 0.25) is 0 Å². The molecule has 0 fully saturated rings. The summed E-state index contributed by atoms with van der Waals surface area (Å²) in [6, 6.07) is 1.86. The molecule has 2 aromatic rings.